The molecule has 1 spiro atoms. The summed E-state index contributed by atoms with van der Waals surface area (Å²) in [5.74, 6) is 0.541. The lowest BCUT2D eigenvalue weighted by Crippen LogP contribution is -2.42. The lowest BCUT2D eigenvalue weighted by Gasteiger charge is -2.41. The van der Waals surface area contributed by atoms with E-state index in [9.17, 15) is 0 Å². The number of ether oxygens (including phenoxy) is 3. The fourth-order valence-electron chi connectivity index (χ4n) is 4.36. The molecule has 0 aromatic rings. The Morgan fingerprint density at radius 3 is 2.57 bits per heavy atom. The molecule has 2 aliphatic heterocycles. The van der Waals surface area contributed by atoms with Crippen molar-refractivity contribution in [3.05, 3.63) is 0 Å². The fourth-order valence-corrected chi connectivity index (χ4v) is 4.36. The van der Waals surface area contributed by atoms with Crippen molar-refractivity contribution >= 4 is 0 Å². The number of hydrogen-bond acceptors (Lipinski definition) is 4. The molecule has 2 unspecified atom stereocenters. The second kappa shape index (κ2) is 6.99. The first-order valence-electron chi connectivity index (χ1n) is 9.52. The van der Waals surface area contributed by atoms with E-state index in [0.29, 0.717) is 11.5 Å². The Bertz CT molecular complexity index is 385. The highest BCUT2D eigenvalue weighted by atomic mass is 16.7. The van der Waals surface area contributed by atoms with Gasteiger partial charge in [0.2, 0.25) is 0 Å². The third kappa shape index (κ3) is 4.47. The van der Waals surface area contributed by atoms with Crippen molar-refractivity contribution in [1.29, 1.82) is 0 Å². The zero-order chi connectivity index (χ0) is 16.5. The minimum absolute atomic E-state index is 0.259. The van der Waals surface area contributed by atoms with Crippen LogP contribution in [0.15, 0.2) is 0 Å². The van der Waals surface area contributed by atoms with Crippen LogP contribution in [-0.4, -0.2) is 55.7 Å². The van der Waals surface area contributed by atoms with E-state index in [1.54, 1.807) is 0 Å². The number of nitrogens with zero attached hydrogens (tertiary/aromatic N) is 1. The van der Waals surface area contributed by atoms with Crippen molar-refractivity contribution in [2.75, 3.05) is 32.8 Å². The molecule has 0 bridgehead atoms. The Morgan fingerprint density at radius 2 is 1.91 bits per heavy atom. The summed E-state index contributed by atoms with van der Waals surface area (Å²) >= 11 is 0. The Morgan fingerprint density at radius 1 is 1.17 bits per heavy atom. The summed E-state index contributed by atoms with van der Waals surface area (Å²) in [5.41, 5.74) is 0.409. The Labute approximate surface area is 141 Å². The molecule has 3 aliphatic rings. The summed E-state index contributed by atoms with van der Waals surface area (Å²) in [4.78, 5) is 2.50. The van der Waals surface area contributed by atoms with E-state index in [-0.39, 0.29) is 11.9 Å². The van der Waals surface area contributed by atoms with Crippen LogP contribution in [0.2, 0.25) is 0 Å². The van der Waals surface area contributed by atoms with E-state index in [1.165, 1.54) is 12.8 Å². The first-order valence-corrected chi connectivity index (χ1v) is 9.52. The minimum Gasteiger partial charge on any atom is -0.376 e. The lowest BCUT2D eigenvalue weighted by molar-refractivity contribution is -0.197. The van der Waals surface area contributed by atoms with Crippen LogP contribution in [0.1, 0.15) is 59.8 Å². The molecular weight excluding hydrogens is 290 g/mol. The molecule has 4 nitrogen and oxygen atoms in total. The van der Waals surface area contributed by atoms with Gasteiger partial charge in [-0.2, -0.15) is 0 Å². The third-order valence-electron chi connectivity index (χ3n) is 5.98. The molecule has 0 aromatic heterocycles. The fraction of sp³-hybridized carbons (Fsp3) is 1.00. The number of morpholine rings is 1. The zero-order valence-electron chi connectivity index (χ0n) is 15.5. The SMILES string of the molecule is CC1CN(CCC2COC3(CCC(C(C)(C)C)CC3)O2)CCO1. The molecule has 0 amide bonds. The monoisotopic (exact) mass is 325 g/mol. The van der Waals surface area contributed by atoms with Crippen LogP contribution < -0.4 is 0 Å². The Balaban J connectivity index is 1.42. The van der Waals surface area contributed by atoms with Gasteiger partial charge in [-0.1, -0.05) is 20.8 Å². The predicted molar refractivity (Wildman–Crippen MR) is 91.4 cm³/mol. The van der Waals surface area contributed by atoms with Crippen LogP contribution in [0.5, 0.6) is 0 Å². The predicted octanol–water partition coefficient (Wildman–Crippen LogP) is 3.45. The highest BCUT2D eigenvalue weighted by molar-refractivity contribution is 4.89. The van der Waals surface area contributed by atoms with Gasteiger partial charge in [-0.25, -0.2) is 0 Å². The van der Waals surface area contributed by atoms with Gasteiger partial charge in [0.25, 0.3) is 0 Å². The van der Waals surface area contributed by atoms with E-state index in [2.05, 4.69) is 32.6 Å². The van der Waals surface area contributed by atoms with Gasteiger partial charge in [-0.3, -0.25) is 4.90 Å². The molecule has 1 aliphatic carbocycles. The van der Waals surface area contributed by atoms with Crippen LogP contribution in [0, 0.1) is 11.3 Å². The van der Waals surface area contributed by atoms with Gasteiger partial charge in [-0.15, -0.1) is 0 Å². The molecule has 134 valence electrons. The molecule has 4 heteroatoms. The van der Waals surface area contributed by atoms with Crippen molar-refractivity contribution in [1.82, 2.24) is 4.90 Å². The summed E-state index contributed by atoms with van der Waals surface area (Å²) in [7, 11) is 0. The maximum atomic E-state index is 6.39. The van der Waals surface area contributed by atoms with Crippen LogP contribution in [0.25, 0.3) is 0 Å². The van der Waals surface area contributed by atoms with Crippen molar-refractivity contribution in [3.63, 3.8) is 0 Å². The molecule has 2 saturated heterocycles. The summed E-state index contributed by atoms with van der Waals surface area (Å²) < 4.78 is 18.1. The third-order valence-corrected chi connectivity index (χ3v) is 5.98. The van der Waals surface area contributed by atoms with Gasteiger partial charge in [-0.05, 0) is 37.5 Å². The Kier molecular flexibility index (Phi) is 5.37. The molecule has 2 heterocycles. The standard InChI is InChI=1S/C19H35NO3/c1-15-13-20(11-12-21-15)10-7-17-14-22-19(23-17)8-5-16(6-9-19)18(2,3)4/h15-17H,5-14H2,1-4H3. The van der Waals surface area contributed by atoms with Crippen molar-refractivity contribution in [2.24, 2.45) is 11.3 Å². The van der Waals surface area contributed by atoms with Gasteiger partial charge in [0.15, 0.2) is 5.79 Å². The van der Waals surface area contributed by atoms with Gasteiger partial charge in [0.05, 0.1) is 25.4 Å². The molecule has 23 heavy (non-hydrogen) atoms. The second-order valence-corrected chi connectivity index (χ2v) is 8.87. The molecule has 0 N–H and O–H groups in total. The zero-order valence-corrected chi connectivity index (χ0v) is 15.5. The quantitative estimate of drug-likeness (QED) is 0.795. The van der Waals surface area contributed by atoms with Crippen molar-refractivity contribution in [2.45, 2.75) is 77.8 Å². The molecule has 3 fully saturated rings. The average molecular weight is 325 g/mol. The van der Waals surface area contributed by atoms with Gasteiger partial charge in [0.1, 0.15) is 0 Å². The smallest absolute Gasteiger partial charge is 0.168 e. The highest BCUT2D eigenvalue weighted by Gasteiger charge is 2.45. The van der Waals surface area contributed by atoms with Gasteiger partial charge < -0.3 is 14.2 Å². The van der Waals surface area contributed by atoms with E-state index < -0.39 is 0 Å². The van der Waals surface area contributed by atoms with Crippen LogP contribution in [0.3, 0.4) is 0 Å². The first kappa shape index (κ1) is 17.7. The van der Waals surface area contributed by atoms with Crippen LogP contribution >= 0.6 is 0 Å². The topological polar surface area (TPSA) is 30.9 Å². The normalized spacial score (nSPS) is 39.9. The summed E-state index contributed by atoms with van der Waals surface area (Å²) in [6, 6.07) is 0. The lowest BCUT2D eigenvalue weighted by atomic mass is 9.71. The van der Waals surface area contributed by atoms with Crippen LogP contribution in [-0.2, 0) is 14.2 Å². The summed E-state index contributed by atoms with van der Waals surface area (Å²) in [5, 5.41) is 0. The molecular formula is C19H35NO3. The maximum absolute atomic E-state index is 6.39. The average Bonchev–Trinajstić information content (AvgIpc) is 2.88. The first-order chi connectivity index (χ1) is 10.9. The second-order valence-electron chi connectivity index (χ2n) is 8.87. The number of hydrogen-bond donors (Lipinski definition) is 0. The molecule has 1 saturated carbocycles. The minimum atomic E-state index is -0.259. The number of rotatable bonds is 3. The molecule has 0 radical (unpaired) electrons. The Hall–Kier alpha value is -0.160. The van der Waals surface area contributed by atoms with Crippen molar-refractivity contribution in [3.8, 4) is 0 Å². The molecule has 2 atom stereocenters. The molecule has 0 aromatic carbocycles. The van der Waals surface area contributed by atoms with E-state index in [1.807, 2.05) is 0 Å². The van der Waals surface area contributed by atoms with E-state index in [4.69, 9.17) is 14.2 Å². The highest BCUT2D eigenvalue weighted by Crippen LogP contribution is 2.45. The summed E-state index contributed by atoms with van der Waals surface area (Å²) in [6.45, 7) is 14.1. The van der Waals surface area contributed by atoms with Crippen LogP contribution in [0.4, 0.5) is 0 Å². The van der Waals surface area contributed by atoms with E-state index in [0.717, 1.165) is 58.0 Å². The maximum Gasteiger partial charge on any atom is 0.168 e. The molecule has 3 rings (SSSR count). The van der Waals surface area contributed by atoms with Gasteiger partial charge in [0, 0.05) is 32.5 Å². The van der Waals surface area contributed by atoms with Crippen molar-refractivity contribution < 1.29 is 14.2 Å². The largest absolute Gasteiger partial charge is 0.376 e. The van der Waals surface area contributed by atoms with Gasteiger partial charge >= 0.3 is 0 Å². The summed E-state index contributed by atoms with van der Waals surface area (Å²) in [6.07, 6.45) is 6.33. The van der Waals surface area contributed by atoms with E-state index >= 15 is 0 Å².